The molecule has 23 heavy (non-hydrogen) atoms. The summed E-state index contributed by atoms with van der Waals surface area (Å²) < 4.78 is 0. The zero-order valence-electron chi connectivity index (χ0n) is 14.4. The van der Waals surface area contributed by atoms with E-state index in [1.807, 2.05) is 20.8 Å². The lowest BCUT2D eigenvalue weighted by molar-refractivity contribution is -0.137. The van der Waals surface area contributed by atoms with Crippen molar-refractivity contribution in [2.45, 2.75) is 57.8 Å². The summed E-state index contributed by atoms with van der Waals surface area (Å²) in [6.45, 7) is 8.08. The summed E-state index contributed by atoms with van der Waals surface area (Å²) in [5, 5.41) is 5.84. The maximum absolute atomic E-state index is 12.2. The third kappa shape index (κ3) is 3.81. The minimum atomic E-state index is -0.583. The number of rotatable bonds is 2. The Labute approximate surface area is 139 Å². The van der Waals surface area contributed by atoms with Crippen molar-refractivity contribution in [1.29, 1.82) is 0 Å². The molecule has 4 heteroatoms. The largest absolute Gasteiger partial charge is 0.317 e. The van der Waals surface area contributed by atoms with Crippen LogP contribution in [0.4, 0.5) is 0 Å². The van der Waals surface area contributed by atoms with Crippen molar-refractivity contribution in [2.24, 2.45) is 0 Å². The molecular weight excluding hydrogens is 288 g/mol. The van der Waals surface area contributed by atoms with E-state index in [1.165, 1.54) is 18.4 Å². The van der Waals surface area contributed by atoms with E-state index in [0.717, 1.165) is 18.7 Å². The topological polar surface area (TPSA) is 58.2 Å². The average molecular weight is 316 g/mol. The van der Waals surface area contributed by atoms with E-state index in [2.05, 4.69) is 34.9 Å². The fraction of sp³-hybridized carbons (Fsp3) is 0.579. The van der Waals surface area contributed by atoms with E-state index in [9.17, 15) is 9.59 Å². The predicted octanol–water partition coefficient (Wildman–Crippen LogP) is 2.87. The van der Waals surface area contributed by atoms with Crippen molar-refractivity contribution in [3.05, 3.63) is 35.4 Å². The van der Waals surface area contributed by atoms with E-state index < -0.39 is 5.41 Å². The zero-order chi connectivity index (χ0) is 16.9. The molecule has 0 saturated carbocycles. The molecule has 0 spiro atoms. The molecular formula is C19H28N2O2. The molecule has 2 saturated heterocycles. The van der Waals surface area contributed by atoms with Crippen LogP contribution in [0.2, 0.25) is 0 Å². The van der Waals surface area contributed by atoms with Gasteiger partial charge in [0.25, 0.3) is 0 Å². The minimum absolute atomic E-state index is 0.163. The monoisotopic (exact) mass is 316 g/mol. The Bertz CT molecular complexity index is 547. The Kier molecular flexibility index (Phi) is 5.94. The van der Waals surface area contributed by atoms with E-state index >= 15 is 0 Å². The first-order chi connectivity index (χ1) is 11.1. The second-order valence-electron chi connectivity index (χ2n) is 6.36. The van der Waals surface area contributed by atoms with Gasteiger partial charge in [-0.3, -0.25) is 14.9 Å². The number of imide groups is 1. The number of carbonyl (C=O) groups is 2. The molecule has 0 aliphatic carbocycles. The van der Waals surface area contributed by atoms with Crippen molar-refractivity contribution >= 4 is 11.8 Å². The first-order valence-electron chi connectivity index (χ1n) is 8.75. The van der Waals surface area contributed by atoms with Crippen molar-refractivity contribution in [3.8, 4) is 0 Å². The lowest BCUT2D eigenvalue weighted by Crippen LogP contribution is -2.49. The van der Waals surface area contributed by atoms with Crippen molar-refractivity contribution in [2.75, 3.05) is 13.1 Å². The Balaban J connectivity index is 0.000000924. The number of carbonyl (C=O) groups excluding carboxylic acids is 2. The first kappa shape index (κ1) is 17.7. The number of amides is 2. The molecule has 2 aliphatic heterocycles. The van der Waals surface area contributed by atoms with Crippen LogP contribution in [0.5, 0.6) is 0 Å². The molecule has 2 amide bonds. The fourth-order valence-electron chi connectivity index (χ4n) is 3.36. The molecule has 1 aromatic rings. The lowest BCUT2D eigenvalue weighted by Gasteiger charge is -2.32. The van der Waals surface area contributed by atoms with Gasteiger partial charge in [0.1, 0.15) is 0 Å². The molecule has 2 N–H and O–H groups in total. The first-order valence-corrected chi connectivity index (χ1v) is 8.75. The number of benzene rings is 1. The van der Waals surface area contributed by atoms with Crippen LogP contribution in [0.3, 0.4) is 0 Å². The third-order valence-corrected chi connectivity index (χ3v) is 4.96. The second kappa shape index (κ2) is 7.73. The van der Waals surface area contributed by atoms with E-state index in [1.54, 1.807) is 0 Å². The Morgan fingerprint density at radius 1 is 1.04 bits per heavy atom. The lowest BCUT2D eigenvalue weighted by atomic mass is 9.75. The maximum atomic E-state index is 12.2. The summed E-state index contributed by atoms with van der Waals surface area (Å²) in [6.07, 6.45) is 3.35. The van der Waals surface area contributed by atoms with Gasteiger partial charge in [-0.1, -0.05) is 38.1 Å². The summed E-state index contributed by atoms with van der Waals surface area (Å²) in [7, 11) is 0. The molecule has 0 radical (unpaired) electrons. The highest BCUT2D eigenvalue weighted by Gasteiger charge is 2.39. The smallest absolute Gasteiger partial charge is 0.236 e. The number of nitrogens with one attached hydrogen (secondary N) is 2. The molecule has 4 nitrogen and oxygen atoms in total. The normalized spacial score (nSPS) is 25.3. The van der Waals surface area contributed by atoms with E-state index in [4.69, 9.17) is 0 Å². The standard InChI is InChI=1S/C17H22N2O2.C2H6/c1-17(9-6-15(20)19-16(17)21)14-4-2-12(3-5-14)13-7-10-18-11-8-13;1-2/h2-5,13,18H,6-11H2,1H3,(H,19,20,21);1-2H3. The number of piperidine rings is 2. The SMILES string of the molecule is CC.CC1(c2ccc(C3CCNCC3)cc2)CCC(=O)NC1=O. The molecule has 2 aliphatic rings. The highest BCUT2D eigenvalue weighted by Crippen LogP contribution is 2.33. The van der Waals surface area contributed by atoms with Crippen LogP contribution in [0.25, 0.3) is 0 Å². The quantitative estimate of drug-likeness (QED) is 0.825. The molecule has 1 atom stereocenters. The van der Waals surface area contributed by atoms with E-state index in [0.29, 0.717) is 18.8 Å². The molecule has 126 valence electrons. The highest BCUT2D eigenvalue weighted by molar-refractivity contribution is 6.03. The molecule has 3 rings (SSSR count). The molecule has 0 aromatic heterocycles. The van der Waals surface area contributed by atoms with Gasteiger partial charge in [0.2, 0.25) is 11.8 Å². The van der Waals surface area contributed by atoms with Crippen LogP contribution < -0.4 is 10.6 Å². The van der Waals surface area contributed by atoms with Gasteiger partial charge in [0, 0.05) is 6.42 Å². The van der Waals surface area contributed by atoms with E-state index in [-0.39, 0.29) is 11.8 Å². The van der Waals surface area contributed by atoms with Crippen molar-refractivity contribution < 1.29 is 9.59 Å². The summed E-state index contributed by atoms with van der Waals surface area (Å²) in [6, 6.07) is 8.43. The van der Waals surface area contributed by atoms with Gasteiger partial charge in [-0.25, -0.2) is 0 Å². The summed E-state index contributed by atoms with van der Waals surface area (Å²) in [4.78, 5) is 23.5. The predicted molar refractivity (Wildman–Crippen MR) is 92.4 cm³/mol. The van der Waals surface area contributed by atoms with Gasteiger partial charge in [-0.15, -0.1) is 0 Å². The number of hydrogen-bond donors (Lipinski definition) is 2. The Hall–Kier alpha value is -1.68. The van der Waals surface area contributed by atoms with Crippen LogP contribution >= 0.6 is 0 Å². The molecule has 0 bridgehead atoms. The van der Waals surface area contributed by atoms with Crippen LogP contribution in [0.15, 0.2) is 24.3 Å². The van der Waals surface area contributed by atoms with Crippen LogP contribution in [-0.4, -0.2) is 24.9 Å². The highest BCUT2D eigenvalue weighted by atomic mass is 16.2. The van der Waals surface area contributed by atoms with Gasteiger partial charge >= 0.3 is 0 Å². The Morgan fingerprint density at radius 2 is 1.65 bits per heavy atom. The molecule has 1 unspecified atom stereocenters. The van der Waals surface area contributed by atoms with Gasteiger partial charge in [-0.05, 0) is 56.3 Å². The minimum Gasteiger partial charge on any atom is -0.317 e. The van der Waals surface area contributed by atoms with Gasteiger partial charge in [-0.2, -0.15) is 0 Å². The van der Waals surface area contributed by atoms with Gasteiger partial charge in [0.15, 0.2) is 0 Å². The van der Waals surface area contributed by atoms with Gasteiger partial charge < -0.3 is 5.32 Å². The second-order valence-corrected chi connectivity index (χ2v) is 6.36. The van der Waals surface area contributed by atoms with Crippen molar-refractivity contribution in [3.63, 3.8) is 0 Å². The summed E-state index contributed by atoms with van der Waals surface area (Å²) >= 11 is 0. The summed E-state index contributed by atoms with van der Waals surface area (Å²) in [5.41, 5.74) is 1.78. The van der Waals surface area contributed by atoms with Crippen LogP contribution in [0, 0.1) is 0 Å². The zero-order valence-corrected chi connectivity index (χ0v) is 14.4. The number of hydrogen-bond acceptors (Lipinski definition) is 3. The van der Waals surface area contributed by atoms with Gasteiger partial charge in [0.05, 0.1) is 5.41 Å². The molecule has 1 aromatic carbocycles. The Morgan fingerprint density at radius 3 is 2.22 bits per heavy atom. The van der Waals surface area contributed by atoms with Crippen molar-refractivity contribution in [1.82, 2.24) is 10.6 Å². The summed E-state index contributed by atoms with van der Waals surface area (Å²) in [5.74, 6) is 0.284. The van der Waals surface area contributed by atoms with Crippen LogP contribution in [-0.2, 0) is 15.0 Å². The average Bonchev–Trinajstić information content (AvgIpc) is 2.61. The molecule has 2 fully saturated rings. The maximum Gasteiger partial charge on any atom is 0.236 e. The van der Waals surface area contributed by atoms with Crippen LogP contribution in [0.1, 0.15) is 63.5 Å². The molecule has 2 heterocycles. The fourth-order valence-corrected chi connectivity index (χ4v) is 3.36. The third-order valence-electron chi connectivity index (χ3n) is 4.96.